The molecule has 1 amide bonds. The summed E-state index contributed by atoms with van der Waals surface area (Å²) in [5.41, 5.74) is 0.704. The van der Waals surface area contributed by atoms with Crippen LogP contribution in [0.4, 0.5) is 13.2 Å². The Morgan fingerprint density at radius 3 is 2.78 bits per heavy atom. The van der Waals surface area contributed by atoms with E-state index in [9.17, 15) is 23.1 Å². The highest BCUT2D eigenvalue weighted by atomic mass is 35.5. The Hall–Kier alpha value is -2.86. The highest BCUT2D eigenvalue weighted by Crippen LogP contribution is 2.35. The number of amidine groups is 1. The monoisotopic (exact) mass is 549 g/mol. The second kappa shape index (κ2) is 10.1. The minimum Gasteiger partial charge on any atom is -0.395 e. The van der Waals surface area contributed by atoms with Crippen molar-refractivity contribution >= 4 is 51.4 Å². The normalized spacial score (nSPS) is 20.3. The number of carbonyl (C=O) groups is 1. The maximum atomic E-state index is 13.5. The van der Waals surface area contributed by atoms with Crippen LogP contribution in [0, 0.1) is 0 Å². The fraction of sp³-hybridized carbons (Fsp3) is 0.320. The molecule has 194 valence electrons. The summed E-state index contributed by atoms with van der Waals surface area (Å²) in [7, 11) is 1.96. The number of aliphatic hydroxyl groups is 1. The smallest absolute Gasteiger partial charge is 0.395 e. The van der Waals surface area contributed by atoms with Crippen LogP contribution in [-0.2, 0) is 17.5 Å². The number of halogens is 4. The topological polar surface area (TPSA) is 74.0 Å². The lowest BCUT2D eigenvalue weighted by molar-refractivity contribution is -0.138. The Labute approximate surface area is 220 Å². The summed E-state index contributed by atoms with van der Waals surface area (Å²) in [6.45, 7) is 2.04. The number of amides is 1. The third-order valence-corrected chi connectivity index (χ3v) is 7.81. The van der Waals surface area contributed by atoms with Gasteiger partial charge in [-0.25, -0.2) is 0 Å². The number of likely N-dealkylation sites (N-methyl/N-ethyl adjacent to an activating group) is 1. The van der Waals surface area contributed by atoms with Crippen molar-refractivity contribution in [2.75, 3.05) is 33.3 Å². The molecular formula is C25H23ClF3N5O2S. The van der Waals surface area contributed by atoms with Crippen molar-refractivity contribution in [1.29, 1.82) is 0 Å². The number of aromatic nitrogens is 2. The number of nitrogens with zero attached hydrogens (tertiary/aromatic N) is 5. The van der Waals surface area contributed by atoms with E-state index < -0.39 is 11.7 Å². The molecule has 3 heterocycles. The van der Waals surface area contributed by atoms with Crippen LogP contribution in [-0.4, -0.2) is 75.1 Å². The first kappa shape index (κ1) is 25.8. The standard InChI is InChI=1S/C25H23ClF3N5O2S/c1-32-6-7-33(13-19(32)14-35)24-31-23(36)22(37-24)9-15-2-5-21-17(8-15)11-30-34(21)12-16-3-4-18(26)10-20(16)25(27,28)29/h2-5,8-11,19,35H,6-7,12-14H2,1H3. The number of aliphatic imine (C=N–C) groups is 1. The lowest BCUT2D eigenvalue weighted by Gasteiger charge is -2.39. The Kier molecular flexibility index (Phi) is 7.06. The first-order valence-corrected chi connectivity index (χ1v) is 12.7. The lowest BCUT2D eigenvalue weighted by atomic mass is 10.1. The van der Waals surface area contributed by atoms with Crippen LogP contribution in [0.1, 0.15) is 16.7 Å². The Morgan fingerprint density at radius 2 is 2.03 bits per heavy atom. The van der Waals surface area contributed by atoms with Crippen molar-refractivity contribution in [2.24, 2.45) is 4.99 Å². The Balaban J connectivity index is 1.34. The van der Waals surface area contributed by atoms with Crippen LogP contribution in [0.3, 0.4) is 0 Å². The van der Waals surface area contributed by atoms with E-state index in [1.807, 2.05) is 18.0 Å². The number of carbonyl (C=O) groups excluding carboxylic acids is 1. The molecule has 1 N–H and O–H groups in total. The van der Waals surface area contributed by atoms with Crippen LogP contribution < -0.4 is 0 Å². The summed E-state index contributed by atoms with van der Waals surface area (Å²) in [6, 6.07) is 9.11. The molecule has 2 aliphatic rings. The van der Waals surface area contributed by atoms with Crippen molar-refractivity contribution in [3.05, 3.63) is 69.2 Å². The molecular weight excluding hydrogens is 527 g/mol. The predicted octanol–water partition coefficient (Wildman–Crippen LogP) is 4.34. The molecule has 0 spiro atoms. The van der Waals surface area contributed by atoms with Gasteiger partial charge < -0.3 is 10.0 Å². The van der Waals surface area contributed by atoms with E-state index in [4.69, 9.17) is 11.6 Å². The van der Waals surface area contributed by atoms with E-state index >= 15 is 0 Å². The molecule has 1 fully saturated rings. The number of alkyl halides is 3. The molecule has 1 atom stereocenters. The summed E-state index contributed by atoms with van der Waals surface area (Å²) < 4.78 is 42.0. The van der Waals surface area contributed by atoms with Gasteiger partial charge in [0.25, 0.3) is 5.91 Å². The number of benzene rings is 2. The van der Waals surface area contributed by atoms with Gasteiger partial charge in [-0.15, -0.1) is 0 Å². The van der Waals surface area contributed by atoms with Gasteiger partial charge >= 0.3 is 6.18 Å². The van der Waals surface area contributed by atoms with E-state index in [1.54, 1.807) is 24.4 Å². The van der Waals surface area contributed by atoms with Gasteiger partial charge in [-0.3, -0.25) is 14.4 Å². The second-order valence-electron chi connectivity index (χ2n) is 8.99. The Morgan fingerprint density at radius 1 is 1.22 bits per heavy atom. The third-order valence-electron chi connectivity index (χ3n) is 6.53. The molecule has 1 aromatic heterocycles. The van der Waals surface area contributed by atoms with E-state index in [-0.39, 0.29) is 35.7 Å². The van der Waals surface area contributed by atoms with Gasteiger partial charge in [0.1, 0.15) is 0 Å². The lowest BCUT2D eigenvalue weighted by Crippen LogP contribution is -2.53. The summed E-state index contributed by atoms with van der Waals surface area (Å²) >= 11 is 7.09. The molecule has 1 saturated heterocycles. The molecule has 0 saturated carbocycles. The second-order valence-corrected chi connectivity index (χ2v) is 10.4. The zero-order valence-electron chi connectivity index (χ0n) is 19.7. The van der Waals surface area contributed by atoms with Gasteiger partial charge in [0.05, 0.1) is 41.4 Å². The van der Waals surface area contributed by atoms with Gasteiger partial charge in [-0.2, -0.15) is 23.3 Å². The number of rotatable bonds is 4. The molecule has 2 aliphatic heterocycles. The maximum absolute atomic E-state index is 13.5. The zero-order valence-corrected chi connectivity index (χ0v) is 21.3. The van der Waals surface area contributed by atoms with Gasteiger partial charge in [0.15, 0.2) is 5.17 Å². The van der Waals surface area contributed by atoms with Gasteiger partial charge in [-0.05, 0) is 60.3 Å². The number of aliphatic hydroxyl groups excluding tert-OH is 1. The van der Waals surface area contributed by atoms with Crippen molar-refractivity contribution in [3.8, 4) is 0 Å². The molecule has 0 bridgehead atoms. The van der Waals surface area contributed by atoms with E-state index in [0.717, 1.165) is 23.6 Å². The summed E-state index contributed by atoms with van der Waals surface area (Å²) in [4.78, 5) is 21.4. The van der Waals surface area contributed by atoms with Crippen molar-refractivity contribution in [1.82, 2.24) is 19.6 Å². The average Bonchev–Trinajstić information content (AvgIpc) is 3.42. The average molecular weight is 550 g/mol. The van der Waals surface area contributed by atoms with Crippen molar-refractivity contribution in [2.45, 2.75) is 18.8 Å². The molecule has 7 nitrogen and oxygen atoms in total. The largest absolute Gasteiger partial charge is 0.416 e. The first-order chi connectivity index (χ1) is 17.6. The number of hydrogen-bond donors (Lipinski definition) is 1. The first-order valence-electron chi connectivity index (χ1n) is 11.5. The van der Waals surface area contributed by atoms with Crippen LogP contribution in [0.2, 0.25) is 5.02 Å². The van der Waals surface area contributed by atoms with Gasteiger partial charge in [0.2, 0.25) is 0 Å². The minimum atomic E-state index is -4.53. The van der Waals surface area contributed by atoms with Gasteiger partial charge in [0, 0.05) is 30.0 Å². The van der Waals surface area contributed by atoms with Gasteiger partial charge in [-0.1, -0.05) is 23.7 Å². The fourth-order valence-corrected chi connectivity index (χ4v) is 5.55. The third kappa shape index (κ3) is 5.40. The van der Waals surface area contributed by atoms with Crippen LogP contribution >= 0.6 is 23.4 Å². The number of thioether (sulfide) groups is 1. The quantitative estimate of drug-likeness (QED) is 0.488. The number of fused-ring (bicyclic) bond motifs is 1. The van der Waals surface area contributed by atoms with E-state index in [1.165, 1.54) is 28.6 Å². The van der Waals surface area contributed by atoms with Crippen LogP contribution in [0.15, 0.2) is 52.5 Å². The van der Waals surface area contributed by atoms with Crippen LogP contribution in [0.5, 0.6) is 0 Å². The number of hydrogen-bond acceptors (Lipinski definition) is 6. The fourth-order valence-electron chi connectivity index (χ4n) is 4.43. The highest BCUT2D eigenvalue weighted by molar-refractivity contribution is 8.18. The number of piperazine rings is 1. The predicted molar refractivity (Wildman–Crippen MR) is 138 cm³/mol. The van der Waals surface area contributed by atoms with Crippen molar-refractivity contribution < 1.29 is 23.1 Å². The summed E-state index contributed by atoms with van der Waals surface area (Å²) in [5, 5.41) is 15.3. The van der Waals surface area contributed by atoms with E-state index in [2.05, 4.69) is 15.0 Å². The van der Waals surface area contributed by atoms with Crippen molar-refractivity contribution in [3.63, 3.8) is 0 Å². The van der Waals surface area contributed by atoms with E-state index in [0.29, 0.717) is 28.7 Å². The molecule has 3 aromatic rings. The Bertz CT molecular complexity index is 1420. The molecule has 5 rings (SSSR count). The molecule has 0 radical (unpaired) electrons. The zero-order chi connectivity index (χ0) is 26.3. The minimum absolute atomic E-state index is 0.0146. The molecule has 0 aliphatic carbocycles. The molecule has 37 heavy (non-hydrogen) atoms. The summed E-state index contributed by atoms with van der Waals surface area (Å²) in [6.07, 6.45) is -1.19. The highest BCUT2D eigenvalue weighted by Gasteiger charge is 2.34. The molecule has 1 unspecified atom stereocenters. The molecule has 2 aromatic carbocycles. The maximum Gasteiger partial charge on any atom is 0.416 e. The van der Waals surface area contributed by atoms with Crippen LogP contribution in [0.25, 0.3) is 17.0 Å². The summed E-state index contributed by atoms with van der Waals surface area (Å²) in [5.74, 6) is -0.322. The SMILES string of the molecule is CN1CCN(C2=NC(=O)C(=Cc3ccc4c(cnn4Cc4ccc(Cl)cc4C(F)(F)F)c3)S2)CC1CO. The molecule has 12 heteroatoms.